The topological polar surface area (TPSA) is 66.8 Å². The van der Waals surface area contributed by atoms with Crippen LogP contribution in [0.4, 0.5) is 0 Å². The summed E-state index contributed by atoms with van der Waals surface area (Å²) in [5.74, 6) is -0.242. The van der Waals surface area contributed by atoms with E-state index in [1.165, 1.54) is 0 Å². The van der Waals surface area contributed by atoms with Gasteiger partial charge in [0, 0.05) is 12.1 Å². The number of ether oxygens (including phenoxy) is 1. The molecule has 1 atom stereocenters. The summed E-state index contributed by atoms with van der Waals surface area (Å²) < 4.78 is 5.78. The molecule has 0 saturated carbocycles. The number of hydrogen-bond donors (Lipinski definition) is 1. The van der Waals surface area contributed by atoms with Gasteiger partial charge in [0.2, 0.25) is 0 Å². The maximum absolute atomic E-state index is 13.4. The fourth-order valence-electron chi connectivity index (χ4n) is 4.52. The van der Waals surface area contributed by atoms with E-state index in [2.05, 4.69) is 13.8 Å². The van der Waals surface area contributed by atoms with E-state index in [1.807, 2.05) is 87.5 Å². The predicted octanol–water partition coefficient (Wildman–Crippen LogP) is 6.27. The Morgan fingerprint density at radius 3 is 2.31 bits per heavy atom. The molecule has 0 radical (unpaired) electrons. The van der Waals surface area contributed by atoms with Gasteiger partial charge in [0.15, 0.2) is 0 Å². The van der Waals surface area contributed by atoms with Crippen molar-refractivity contribution in [2.75, 3.05) is 6.61 Å². The van der Waals surface area contributed by atoms with Gasteiger partial charge in [-0.1, -0.05) is 73.5 Å². The van der Waals surface area contributed by atoms with Crippen molar-refractivity contribution in [3.63, 3.8) is 0 Å². The first kappa shape index (κ1) is 25.2. The number of likely N-dealkylation sites (tertiary alicyclic amines) is 1. The lowest BCUT2D eigenvalue weighted by Crippen LogP contribution is -2.29. The summed E-state index contributed by atoms with van der Waals surface area (Å²) in [4.78, 5) is 28.2. The number of aliphatic hydroxyl groups excluding tert-OH is 1. The third-order valence-electron chi connectivity index (χ3n) is 6.41. The Balaban J connectivity index is 1.77. The number of nitrogens with zero attached hydrogens (tertiary/aromatic N) is 1. The van der Waals surface area contributed by atoms with Crippen molar-refractivity contribution >= 4 is 17.4 Å². The van der Waals surface area contributed by atoms with E-state index < -0.39 is 17.7 Å². The van der Waals surface area contributed by atoms with E-state index in [1.54, 1.807) is 4.90 Å². The van der Waals surface area contributed by atoms with E-state index >= 15 is 0 Å². The number of aliphatic hydroxyl groups is 1. The van der Waals surface area contributed by atoms with Gasteiger partial charge in [-0.15, -0.1) is 0 Å². The van der Waals surface area contributed by atoms with Crippen LogP contribution in [0, 0.1) is 26.7 Å². The van der Waals surface area contributed by atoms with Crippen LogP contribution in [0.15, 0.2) is 72.3 Å². The first-order valence-corrected chi connectivity index (χ1v) is 12.3. The van der Waals surface area contributed by atoms with Crippen molar-refractivity contribution in [1.82, 2.24) is 4.90 Å². The maximum Gasteiger partial charge on any atom is 0.295 e. The number of rotatable bonds is 7. The third-order valence-corrected chi connectivity index (χ3v) is 6.41. The molecule has 5 nitrogen and oxygen atoms in total. The van der Waals surface area contributed by atoms with E-state index in [4.69, 9.17) is 4.74 Å². The van der Waals surface area contributed by atoms with Crippen LogP contribution in [0.25, 0.3) is 5.76 Å². The summed E-state index contributed by atoms with van der Waals surface area (Å²) in [6.07, 6.45) is 0. The Morgan fingerprint density at radius 1 is 0.944 bits per heavy atom. The summed E-state index contributed by atoms with van der Waals surface area (Å²) in [7, 11) is 0. The number of ketones is 1. The second-order valence-electron chi connectivity index (χ2n) is 10.0. The van der Waals surface area contributed by atoms with Crippen molar-refractivity contribution in [3.8, 4) is 5.75 Å². The molecular weight excluding hydrogens is 450 g/mol. The Kier molecular flexibility index (Phi) is 7.30. The van der Waals surface area contributed by atoms with Gasteiger partial charge in [0.05, 0.1) is 18.2 Å². The third kappa shape index (κ3) is 5.20. The van der Waals surface area contributed by atoms with Crippen LogP contribution in [0.5, 0.6) is 5.75 Å². The number of carbonyl (C=O) groups is 2. The van der Waals surface area contributed by atoms with E-state index in [9.17, 15) is 14.7 Å². The van der Waals surface area contributed by atoms with Crippen LogP contribution in [0.1, 0.15) is 53.3 Å². The fourth-order valence-corrected chi connectivity index (χ4v) is 4.52. The molecule has 0 bridgehead atoms. The highest BCUT2D eigenvalue weighted by atomic mass is 16.5. The van der Waals surface area contributed by atoms with Crippen molar-refractivity contribution in [2.24, 2.45) is 5.92 Å². The molecule has 1 aliphatic heterocycles. The molecule has 0 spiro atoms. The molecule has 0 aliphatic carbocycles. The molecule has 36 heavy (non-hydrogen) atoms. The molecule has 1 unspecified atom stereocenters. The number of carbonyl (C=O) groups excluding carboxylic acids is 2. The first-order chi connectivity index (χ1) is 17.2. The number of Topliss-reactive ketones (excluding diaryl/α,β-unsaturated/α-hetero) is 1. The highest BCUT2D eigenvalue weighted by molar-refractivity contribution is 6.46. The molecule has 5 heteroatoms. The van der Waals surface area contributed by atoms with Gasteiger partial charge in [-0.2, -0.15) is 0 Å². The smallest absolute Gasteiger partial charge is 0.295 e. The zero-order valence-electron chi connectivity index (χ0n) is 21.5. The first-order valence-electron chi connectivity index (χ1n) is 12.3. The average molecular weight is 484 g/mol. The predicted molar refractivity (Wildman–Crippen MR) is 142 cm³/mol. The molecular formula is C31H33NO4. The minimum absolute atomic E-state index is 0.121. The quantitative estimate of drug-likeness (QED) is 0.244. The molecule has 1 N–H and O–H groups in total. The maximum atomic E-state index is 13.4. The standard InChI is InChI=1S/C31H33NO4/c1-19(2)18-36-25-13-11-23(12-14-25)17-32-28(24-8-6-7-20(3)15-24)27(30(34)31(32)35)29(33)26-16-21(4)9-10-22(26)5/h6-16,19,28,33H,17-18H2,1-5H3/b29-27+. The largest absolute Gasteiger partial charge is 0.507 e. The SMILES string of the molecule is Cc1cccc(C2/C(=C(\O)c3cc(C)ccc3C)C(=O)C(=O)N2Cc2ccc(OCC(C)C)cc2)c1. The van der Waals surface area contributed by atoms with Crippen molar-refractivity contribution in [3.05, 3.63) is 106 Å². The molecule has 1 heterocycles. The lowest BCUT2D eigenvalue weighted by atomic mass is 9.92. The second-order valence-corrected chi connectivity index (χ2v) is 10.0. The Hall–Kier alpha value is -3.86. The summed E-state index contributed by atoms with van der Waals surface area (Å²) in [5, 5.41) is 11.4. The lowest BCUT2D eigenvalue weighted by molar-refractivity contribution is -0.140. The van der Waals surface area contributed by atoms with Gasteiger partial charge in [0.1, 0.15) is 11.5 Å². The molecule has 3 aromatic rings. The molecule has 3 aromatic carbocycles. The lowest BCUT2D eigenvalue weighted by Gasteiger charge is -2.26. The van der Waals surface area contributed by atoms with Crippen LogP contribution in [-0.4, -0.2) is 28.3 Å². The molecule has 1 saturated heterocycles. The van der Waals surface area contributed by atoms with Crippen molar-refractivity contribution in [1.29, 1.82) is 0 Å². The van der Waals surface area contributed by atoms with Gasteiger partial charge in [0.25, 0.3) is 11.7 Å². The molecule has 1 fully saturated rings. The Bertz CT molecular complexity index is 1320. The number of amides is 1. The second kappa shape index (κ2) is 10.4. The van der Waals surface area contributed by atoms with Crippen LogP contribution in [-0.2, 0) is 16.1 Å². The van der Waals surface area contributed by atoms with Gasteiger partial charge in [-0.25, -0.2) is 0 Å². The van der Waals surface area contributed by atoms with Crippen LogP contribution in [0.2, 0.25) is 0 Å². The normalized spacial score (nSPS) is 17.2. The number of aryl methyl sites for hydroxylation is 3. The zero-order valence-corrected chi connectivity index (χ0v) is 21.5. The van der Waals surface area contributed by atoms with Gasteiger partial charge in [-0.3, -0.25) is 9.59 Å². The van der Waals surface area contributed by atoms with Crippen LogP contribution in [0.3, 0.4) is 0 Å². The Labute approximate surface area is 213 Å². The molecule has 0 aromatic heterocycles. The average Bonchev–Trinajstić information content (AvgIpc) is 3.09. The molecule has 1 amide bonds. The van der Waals surface area contributed by atoms with Gasteiger partial charge >= 0.3 is 0 Å². The zero-order chi connectivity index (χ0) is 26.0. The molecule has 1 aliphatic rings. The highest BCUT2D eigenvalue weighted by Gasteiger charge is 2.46. The summed E-state index contributed by atoms with van der Waals surface area (Å²) in [5.41, 5.74) is 5.16. The van der Waals surface area contributed by atoms with E-state index in [0.717, 1.165) is 33.6 Å². The highest BCUT2D eigenvalue weighted by Crippen LogP contribution is 2.41. The number of benzene rings is 3. The Morgan fingerprint density at radius 2 is 1.64 bits per heavy atom. The summed E-state index contributed by atoms with van der Waals surface area (Å²) in [6, 6.07) is 20.3. The van der Waals surface area contributed by atoms with Gasteiger partial charge in [-0.05, 0) is 61.6 Å². The molecule has 186 valence electrons. The minimum atomic E-state index is -0.693. The fraction of sp³-hybridized carbons (Fsp3) is 0.290. The number of hydrogen-bond acceptors (Lipinski definition) is 4. The van der Waals surface area contributed by atoms with Crippen LogP contribution >= 0.6 is 0 Å². The summed E-state index contributed by atoms with van der Waals surface area (Å²) >= 11 is 0. The van der Waals surface area contributed by atoms with E-state index in [0.29, 0.717) is 18.1 Å². The van der Waals surface area contributed by atoms with Gasteiger partial charge < -0.3 is 14.7 Å². The molecule has 4 rings (SSSR count). The summed E-state index contributed by atoms with van der Waals surface area (Å²) in [6.45, 7) is 10.8. The van der Waals surface area contributed by atoms with Crippen molar-refractivity contribution in [2.45, 2.75) is 47.2 Å². The minimum Gasteiger partial charge on any atom is -0.507 e. The van der Waals surface area contributed by atoms with Crippen LogP contribution < -0.4 is 4.74 Å². The van der Waals surface area contributed by atoms with E-state index in [-0.39, 0.29) is 17.9 Å². The van der Waals surface area contributed by atoms with Crippen molar-refractivity contribution < 1.29 is 19.4 Å². The monoisotopic (exact) mass is 483 g/mol.